The van der Waals surface area contributed by atoms with Crippen molar-refractivity contribution in [3.8, 4) is 5.75 Å². The van der Waals surface area contributed by atoms with Crippen molar-refractivity contribution in [1.29, 1.82) is 0 Å². The molecule has 1 aromatic heterocycles. The van der Waals surface area contributed by atoms with Gasteiger partial charge in [-0.1, -0.05) is 35.9 Å². The molecule has 30 heavy (non-hydrogen) atoms. The molecule has 152 valence electrons. The molecule has 0 atom stereocenters. The van der Waals surface area contributed by atoms with E-state index in [0.29, 0.717) is 27.7 Å². The molecule has 0 unspecified atom stereocenters. The molecule has 1 aliphatic heterocycles. The highest BCUT2D eigenvalue weighted by Crippen LogP contribution is 2.42. The van der Waals surface area contributed by atoms with Gasteiger partial charge in [0, 0.05) is 0 Å². The van der Waals surface area contributed by atoms with E-state index in [-0.39, 0.29) is 11.8 Å². The first-order valence-electron chi connectivity index (χ1n) is 9.49. The molecule has 0 saturated carbocycles. The largest absolute Gasteiger partial charge is 0.495 e. The monoisotopic (exact) mass is 419 g/mol. The molecule has 2 heterocycles. The van der Waals surface area contributed by atoms with Crippen molar-refractivity contribution in [3.05, 3.63) is 88.2 Å². The number of hydrogen-bond donors (Lipinski definition) is 0. The fourth-order valence-electron chi connectivity index (χ4n) is 3.35. The van der Waals surface area contributed by atoms with Crippen molar-refractivity contribution in [2.24, 2.45) is 0 Å². The molecule has 5 nitrogen and oxygen atoms in total. The van der Waals surface area contributed by atoms with Crippen LogP contribution in [-0.4, -0.2) is 18.9 Å². The average Bonchev–Trinajstić information content (AvgIpc) is 3.33. The van der Waals surface area contributed by atoms with E-state index in [1.54, 1.807) is 24.5 Å². The third-order valence-electron chi connectivity index (χ3n) is 4.90. The van der Waals surface area contributed by atoms with E-state index in [4.69, 9.17) is 9.15 Å². The van der Waals surface area contributed by atoms with E-state index in [9.17, 15) is 9.59 Å². The first kappa shape index (κ1) is 20.0. The van der Waals surface area contributed by atoms with Crippen molar-refractivity contribution < 1.29 is 18.7 Å². The molecular formula is C24H21NO4S. The van der Waals surface area contributed by atoms with Gasteiger partial charge < -0.3 is 9.15 Å². The molecule has 6 heteroatoms. The van der Waals surface area contributed by atoms with Gasteiger partial charge in [0.1, 0.15) is 11.5 Å². The van der Waals surface area contributed by atoms with E-state index < -0.39 is 0 Å². The molecule has 0 bridgehead atoms. The van der Waals surface area contributed by atoms with Gasteiger partial charge in [-0.25, -0.2) is 4.90 Å². The van der Waals surface area contributed by atoms with Gasteiger partial charge in [-0.3, -0.25) is 9.59 Å². The van der Waals surface area contributed by atoms with Crippen molar-refractivity contribution in [3.63, 3.8) is 0 Å². The van der Waals surface area contributed by atoms with Crippen molar-refractivity contribution in [2.75, 3.05) is 12.0 Å². The van der Waals surface area contributed by atoms with Crippen LogP contribution in [0, 0.1) is 13.8 Å². The van der Waals surface area contributed by atoms with Crippen LogP contribution in [0.4, 0.5) is 5.69 Å². The molecule has 0 saturated heterocycles. The lowest BCUT2D eigenvalue weighted by atomic mass is 10.0. The van der Waals surface area contributed by atoms with Gasteiger partial charge in [0.15, 0.2) is 0 Å². The lowest BCUT2D eigenvalue weighted by Gasteiger charge is -2.19. The molecule has 1 aliphatic rings. The Morgan fingerprint density at radius 1 is 0.967 bits per heavy atom. The average molecular weight is 420 g/mol. The number of aryl methyl sites for hydroxylation is 2. The first-order valence-corrected chi connectivity index (χ1v) is 10.5. The van der Waals surface area contributed by atoms with Crippen LogP contribution >= 0.6 is 11.8 Å². The van der Waals surface area contributed by atoms with E-state index in [0.717, 1.165) is 22.5 Å². The van der Waals surface area contributed by atoms with E-state index in [2.05, 4.69) is 0 Å². The third-order valence-corrected chi connectivity index (χ3v) is 5.99. The lowest BCUT2D eigenvalue weighted by molar-refractivity contribution is -0.119. The molecule has 0 aliphatic carbocycles. The van der Waals surface area contributed by atoms with E-state index in [1.807, 2.05) is 50.2 Å². The summed E-state index contributed by atoms with van der Waals surface area (Å²) in [6.45, 7) is 3.89. The second kappa shape index (κ2) is 8.24. The molecule has 0 spiro atoms. The number of amides is 2. The zero-order valence-electron chi connectivity index (χ0n) is 17.0. The van der Waals surface area contributed by atoms with Crippen LogP contribution in [0.25, 0.3) is 5.57 Å². The Bertz CT molecular complexity index is 1130. The maximum atomic E-state index is 13.5. The van der Waals surface area contributed by atoms with Gasteiger partial charge in [-0.05, 0) is 49.2 Å². The zero-order valence-corrected chi connectivity index (χ0v) is 17.8. The first-order chi connectivity index (χ1) is 14.5. The number of nitrogens with zero attached hydrogens (tertiary/aromatic N) is 1. The van der Waals surface area contributed by atoms with Crippen LogP contribution < -0.4 is 9.64 Å². The Morgan fingerprint density at radius 3 is 2.37 bits per heavy atom. The number of furan rings is 1. The van der Waals surface area contributed by atoms with Gasteiger partial charge in [0.2, 0.25) is 0 Å². The molecule has 3 aromatic rings. The summed E-state index contributed by atoms with van der Waals surface area (Å²) < 4.78 is 10.8. The topological polar surface area (TPSA) is 59.8 Å². The van der Waals surface area contributed by atoms with E-state index in [1.165, 1.54) is 23.8 Å². The molecule has 0 N–H and O–H groups in total. The number of methoxy groups -OCH3 is 1. The fourth-order valence-corrected chi connectivity index (χ4v) is 4.37. The number of imide groups is 1. The summed E-state index contributed by atoms with van der Waals surface area (Å²) in [5.74, 6) is 0.964. The molecule has 2 aromatic carbocycles. The Morgan fingerprint density at radius 2 is 1.70 bits per heavy atom. The highest BCUT2D eigenvalue weighted by Gasteiger charge is 2.41. The Hall–Kier alpha value is -3.25. The highest BCUT2D eigenvalue weighted by molar-refractivity contribution is 8.03. The number of ether oxygens (including phenoxy) is 1. The van der Waals surface area contributed by atoms with Crippen molar-refractivity contribution in [2.45, 2.75) is 19.6 Å². The van der Waals surface area contributed by atoms with Crippen LogP contribution in [0.3, 0.4) is 0 Å². The summed E-state index contributed by atoms with van der Waals surface area (Å²) in [5.41, 5.74) is 3.58. The number of hydrogen-bond acceptors (Lipinski definition) is 5. The molecule has 0 radical (unpaired) electrons. The summed E-state index contributed by atoms with van der Waals surface area (Å²) in [4.78, 5) is 28.6. The summed E-state index contributed by atoms with van der Waals surface area (Å²) in [5, 5.41) is 0. The summed E-state index contributed by atoms with van der Waals surface area (Å²) in [7, 11) is 1.53. The number of carbonyl (C=O) groups is 2. The van der Waals surface area contributed by atoms with Crippen molar-refractivity contribution >= 4 is 34.8 Å². The van der Waals surface area contributed by atoms with Gasteiger partial charge >= 0.3 is 0 Å². The smallest absolute Gasteiger partial charge is 0.272 e. The Balaban J connectivity index is 1.79. The maximum absolute atomic E-state index is 13.5. The standard InChI is InChI=1S/C24H21NO4S/c1-15-6-9-17(10-7-15)21-22(30-14-18-5-4-12-29-18)24(27)25(23(21)26)19-13-16(2)8-11-20(19)28-3/h4-13H,14H2,1-3H3. The minimum Gasteiger partial charge on any atom is -0.495 e. The van der Waals surface area contributed by atoms with Gasteiger partial charge in [-0.15, -0.1) is 11.8 Å². The lowest BCUT2D eigenvalue weighted by Crippen LogP contribution is -2.31. The Labute approximate surface area is 179 Å². The van der Waals surface area contributed by atoms with Crippen molar-refractivity contribution in [1.82, 2.24) is 0 Å². The van der Waals surface area contributed by atoms with Gasteiger partial charge in [-0.2, -0.15) is 0 Å². The van der Waals surface area contributed by atoms with E-state index >= 15 is 0 Å². The third kappa shape index (κ3) is 3.66. The van der Waals surface area contributed by atoms with Crippen LogP contribution in [0.1, 0.15) is 22.5 Å². The normalized spacial score (nSPS) is 14.0. The highest BCUT2D eigenvalue weighted by atomic mass is 32.2. The molecule has 4 rings (SSSR count). The van der Waals surface area contributed by atoms with Crippen LogP contribution in [0.5, 0.6) is 5.75 Å². The zero-order chi connectivity index (χ0) is 21.3. The summed E-state index contributed by atoms with van der Waals surface area (Å²) in [6, 6.07) is 16.7. The Kier molecular flexibility index (Phi) is 5.50. The maximum Gasteiger partial charge on any atom is 0.272 e. The van der Waals surface area contributed by atoms with Gasteiger partial charge in [0.05, 0.1) is 35.3 Å². The second-order valence-electron chi connectivity index (χ2n) is 7.06. The second-order valence-corrected chi connectivity index (χ2v) is 8.04. The number of carbonyl (C=O) groups excluding carboxylic acids is 2. The number of benzene rings is 2. The minimum atomic E-state index is -0.352. The molecule has 2 amide bonds. The number of rotatable bonds is 6. The fraction of sp³-hybridized carbons (Fsp3) is 0.167. The van der Waals surface area contributed by atoms with Crippen LogP contribution in [-0.2, 0) is 15.3 Å². The van der Waals surface area contributed by atoms with Gasteiger partial charge in [0.25, 0.3) is 11.8 Å². The predicted molar refractivity (Wildman–Crippen MR) is 118 cm³/mol. The number of thioether (sulfide) groups is 1. The quantitative estimate of drug-likeness (QED) is 0.519. The molecular weight excluding hydrogens is 398 g/mol. The summed E-state index contributed by atoms with van der Waals surface area (Å²) in [6.07, 6.45) is 1.59. The van der Waals surface area contributed by atoms with Crippen LogP contribution in [0.15, 0.2) is 70.2 Å². The SMILES string of the molecule is COc1ccc(C)cc1N1C(=O)C(SCc2ccco2)=C(c2ccc(C)cc2)C1=O. The minimum absolute atomic E-state index is 0.351. The summed E-state index contributed by atoms with van der Waals surface area (Å²) >= 11 is 1.31. The number of anilines is 1. The van der Waals surface area contributed by atoms with Crippen LogP contribution in [0.2, 0.25) is 0 Å². The predicted octanol–water partition coefficient (Wildman–Crippen LogP) is 5.12. The molecule has 0 fully saturated rings.